The van der Waals surface area contributed by atoms with E-state index in [2.05, 4.69) is 126 Å². The van der Waals surface area contributed by atoms with Crippen LogP contribution in [0.25, 0.3) is 0 Å². The van der Waals surface area contributed by atoms with Gasteiger partial charge in [-0.05, 0) is 36.0 Å². The van der Waals surface area contributed by atoms with Gasteiger partial charge in [-0.25, -0.2) is 0 Å². The summed E-state index contributed by atoms with van der Waals surface area (Å²) in [4.78, 5) is 0. The summed E-state index contributed by atoms with van der Waals surface area (Å²) >= 11 is 6.59. The summed E-state index contributed by atoms with van der Waals surface area (Å²) in [6, 6.07) is 33.0. The van der Waals surface area contributed by atoms with Gasteiger partial charge in [0.15, 0.2) is 0 Å². The lowest BCUT2D eigenvalue weighted by atomic mass is 10.2. The molecule has 0 bridgehead atoms. The first-order chi connectivity index (χ1) is 15.3. The molecule has 0 heterocycles. The van der Waals surface area contributed by atoms with Crippen LogP contribution in [0.2, 0.25) is 0 Å². The highest BCUT2D eigenvalue weighted by molar-refractivity contribution is 8.17. The maximum atomic E-state index is 2.28. The minimum Gasteiger partial charge on any atom is -0.154 e. The molecule has 0 radical (unpaired) electrons. The second kappa shape index (κ2) is 12.1. The Balaban J connectivity index is 1.46. The van der Waals surface area contributed by atoms with Crippen molar-refractivity contribution in [2.75, 3.05) is 0 Å². The molecular weight excluding hydrogens is 433 g/mol. The lowest BCUT2D eigenvalue weighted by molar-refractivity contribution is 0.678. The standard InChI is InChI=1S/C28H32S3/c1-4-12-24(13-5-1)21-29-27-18-10-11-19-28(20-27,30-22-25-14-6-2-7-15-25)31-23-26-16-8-3-9-17-26/h1-9,12-17,27H,10-11,18-23H2. The molecular formula is C28H32S3. The minimum absolute atomic E-state index is 0.302. The van der Waals surface area contributed by atoms with Crippen molar-refractivity contribution in [2.24, 2.45) is 0 Å². The monoisotopic (exact) mass is 464 g/mol. The van der Waals surface area contributed by atoms with Crippen LogP contribution in [-0.4, -0.2) is 9.33 Å². The van der Waals surface area contributed by atoms with Gasteiger partial charge in [-0.3, -0.25) is 0 Å². The van der Waals surface area contributed by atoms with Gasteiger partial charge in [-0.1, -0.05) is 104 Å². The quantitative estimate of drug-likeness (QED) is 0.229. The Hall–Kier alpha value is -1.29. The van der Waals surface area contributed by atoms with Gasteiger partial charge in [0.1, 0.15) is 0 Å². The summed E-state index contributed by atoms with van der Waals surface area (Å²) in [5, 5.41) is 0.745. The number of hydrogen-bond donors (Lipinski definition) is 0. The Kier molecular flexibility index (Phi) is 8.92. The molecule has 1 atom stereocenters. The largest absolute Gasteiger partial charge is 0.154 e. The van der Waals surface area contributed by atoms with Crippen molar-refractivity contribution in [1.82, 2.24) is 0 Å². The number of hydrogen-bond acceptors (Lipinski definition) is 3. The number of thioether (sulfide) groups is 3. The van der Waals surface area contributed by atoms with E-state index in [4.69, 9.17) is 0 Å². The van der Waals surface area contributed by atoms with E-state index in [1.807, 2.05) is 0 Å². The smallest absolute Gasteiger partial charge is 0.0628 e. The molecule has 162 valence electrons. The fourth-order valence-electron chi connectivity index (χ4n) is 4.13. The molecule has 1 saturated carbocycles. The molecule has 0 spiro atoms. The van der Waals surface area contributed by atoms with Crippen LogP contribution in [0.5, 0.6) is 0 Å². The van der Waals surface area contributed by atoms with Gasteiger partial charge in [-0.2, -0.15) is 11.8 Å². The molecule has 0 aromatic heterocycles. The van der Waals surface area contributed by atoms with E-state index in [0.29, 0.717) is 4.08 Å². The molecule has 3 aromatic rings. The summed E-state index contributed by atoms with van der Waals surface area (Å²) in [5.74, 6) is 3.35. The van der Waals surface area contributed by atoms with Crippen LogP contribution in [0.3, 0.4) is 0 Å². The first-order valence-electron chi connectivity index (χ1n) is 11.3. The maximum Gasteiger partial charge on any atom is 0.0628 e. The zero-order valence-corrected chi connectivity index (χ0v) is 20.6. The molecule has 3 heteroatoms. The van der Waals surface area contributed by atoms with Crippen LogP contribution in [0.15, 0.2) is 91.0 Å². The third-order valence-electron chi connectivity index (χ3n) is 5.89. The van der Waals surface area contributed by atoms with E-state index in [-0.39, 0.29) is 0 Å². The Bertz CT molecular complexity index is 836. The van der Waals surface area contributed by atoms with E-state index in [0.717, 1.165) is 22.5 Å². The lowest BCUT2D eigenvalue weighted by Gasteiger charge is -2.34. The van der Waals surface area contributed by atoms with Crippen LogP contribution in [0.4, 0.5) is 0 Å². The van der Waals surface area contributed by atoms with Crippen LogP contribution in [0.1, 0.15) is 48.8 Å². The average molecular weight is 465 g/mol. The van der Waals surface area contributed by atoms with Crippen molar-refractivity contribution in [3.05, 3.63) is 108 Å². The van der Waals surface area contributed by atoms with Crippen LogP contribution in [0, 0.1) is 0 Å². The van der Waals surface area contributed by atoms with Gasteiger partial charge in [0.25, 0.3) is 0 Å². The van der Waals surface area contributed by atoms with Crippen molar-refractivity contribution >= 4 is 35.3 Å². The van der Waals surface area contributed by atoms with E-state index in [1.54, 1.807) is 0 Å². The molecule has 3 aromatic carbocycles. The Morgan fingerprint density at radius 1 is 0.613 bits per heavy atom. The summed E-state index contributed by atoms with van der Waals surface area (Å²) in [5.41, 5.74) is 4.35. The highest BCUT2D eigenvalue weighted by Crippen LogP contribution is 2.51. The van der Waals surface area contributed by atoms with Gasteiger partial charge in [0.2, 0.25) is 0 Å². The fraction of sp³-hybridized carbons (Fsp3) is 0.357. The molecule has 0 saturated heterocycles. The summed E-state index contributed by atoms with van der Waals surface area (Å²) in [6.07, 6.45) is 6.71. The van der Waals surface area contributed by atoms with Crippen molar-refractivity contribution < 1.29 is 0 Å². The van der Waals surface area contributed by atoms with Crippen LogP contribution >= 0.6 is 35.3 Å². The Labute approximate surface area is 201 Å². The van der Waals surface area contributed by atoms with Crippen LogP contribution in [-0.2, 0) is 17.3 Å². The number of rotatable bonds is 9. The topological polar surface area (TPSA) is 0 Å². The third kappa shape index (κ3) is 7.37. The predicted molar refractivity (Wildman–Crippen MR) is 143 cm³/mol. The van der Waals surface area contributed by atoms with Gasteiger partial charge in [0.05, 0.1) is 4.08 Å². The molecule has 4 rings (SSSR count). The molecule has 31 heavy (non-hydrogen) atoms. The van der Waals surface area contributed by atoms with E-state index in [9.17, 15) is 0 Å². The van der Waals surface area contributed by atoms with Crippen LogP contribution < -0.4 is 0 Å². The van der Waals surface area contributed by atoms with Gasteiger partial charge in [-0.15, -0.1) is 23.5 Å². The predicted octanol–water partition coefficient (Wildman–Crippen LogP) is 8.82. The zero-order chi connectivity index (χ0) is 21.2. The van der Waals surface area contributed by atoms with E-state index < -0.39 is 0 Å². The molecule has 1 aliphatic carbocycles. The number of benzene rings is 3. The second-order valence-corrected chi connectivity index (χ2v) is 12.6. The highest BCUT2D eigenvalue weighted by Gasteiger charge is 2.36. The second-order valence-electron chi connectivity index (χ2n) is 8.33. The molecule has 0 N–H and O–H groups in total. The molecule has 0 aliphatic heterocycles. The normalized spacial score (nSPS) is 18.4. The molecule has 0 amide bonds. The summed E-state index contributed by atoms with van der Waals surface area (Å²) in [6.45, 7) is 0. The van der Waals surface area contributed by atoms with Gasteiger partial charge in [0, 0.05) is 22.5 Å². The zero-order valence-electron chi connectivity index (χ0n) is 18.1. The molecule has 1 fully saturated rings. The van der Waals surface area contributed by atoms with E-state index >= 15 is 0 Å². The third-order valence-corrected chi connectivity index (χ3v) is 10.7. The Morgan fingerprint density at radius 2 is 1.10 bits per heavy atom. The molecule has 0 nitrogen and oxygen atoms in total. The van der Waals surface area contributed by atoms with Crippen molar-refractivity contribution in [3.8, 4) is 0 Å². The summed E-state index contributed by atoms with van der Waals surface area (Å²) < 4.78 is 0.302. The minimum atomic E-state index is 0.302. The Morgan fingerprint density at radius 3 is 1.61 bits per heavy atom. The van der Waals surface area contributed by atoms with Gasteiger partial charge < -0.3 is 0 Å². The molecule has 1 unspecified atom stereocenters. The first kappa shape index (κ1) is 22.9. The lowest BCUT2D eigenvalue weighted by Crippen LogP contribution is -2.24. The van der Waals surface area contributed by atoms with Crippen molar-refractivity contribution in [1.29, 1.82) is 0 Å². The maximum absolute atomic E-state index is 2.28. The first-order valence-corrected chi connectivity index (χ1v) is 14.3. The fourth-order valence-corrected chi connectivity index (χ4v) is 8.84. The van der Waals surface area contributed by atoms with Crippen molar-refractivity contribution in [2.45, 2.75) is 58.7 Å². The highest BCUT2D eigenvalue weighted by atomic mass is 32.2. The SMILES string of the molecule is c1ccc(CSC2CCCCC(SCc3ccccc3)(SCc3ccccc3)C2)cc1. The van der Waals surface area contributed by atoms with E-state index in [1.165, 1.54) is 48.8 Å². The van der Waals surface area contributed by atoms with Gasteiger partial charge >= 0.3 is 0 Å². The average Bonchev–Trinajstić information content (AvgIpc) is 3.05. The summed E-state index contributed by atoms with van der Waals surface area (Å²) in [7, 11) is 0. The van der Waals surface area contributed by atoms with Crippen molar-refractivity contribution in [3.63, 3.8) is 0 Å². The molecule has 1 aliphatic rings.